The molecule has 1 aliphatic rings. The third-order valence-corrected chi connectivity index (χ3v) is 2.54. The predicted molar refractivity (Wildman–Crippen MR) is 64.7 cm³/mol. The van der Waals surface area contributed by atoms with Gasteiger partial charge in [-0.2, -0.15) is 0 Å². The Morgan fingerprint density at radius 1 is 0.929 bits per heavy atom. The lowest BCUT2D eigenvalue weighted by molar-refractivity contribution is 0.127. The summed E-state index contributed by atoms with van der Waals surface area (Å²) in [5.41, 5.74) is 0. The molecule has 1 saturated heterocycles. The fraction of sp³-hybridized carbons (Fsp3) is 1.00. The van der Waals surface area contributed by atoms with Gasteiger partial charge < -0.3 is 9.80 Å². The van der Waals surface area contributed by atoms with Crippen LogP contribution in [0, 0.1) is 5.92 Å². The largest absolute Gasteiger partial charge is 0.301 e. The second kappa shape index (κ2) is 8.25. The van der Waals surface area contributed by atoms with Gasteiger partial charge in [-0.3, -0.25) is 0 Å². The van der Waals surface area contributed by atoms with Crippen LogP contribution < -0.4 is 0 Å². The molecule has 0 saturated carbocycles. The summed E-state index contributed by atoms with van der Waals surface area (Å²) in [5.74, 6) is 0.818. The predicted octanol–water partition coefficient (Wildman–Crippen LogP) is 2.31. The van der Waals surface area contributed by atoms with Crippen LogP contribution in [0.3, 0.4) is 0 Å². The molecule has 0 atom stereocenters. The Morgan fingerprint density at radius 3 is 1.71 bits per heavy atom. The minimum Gasteiger partial charge on any atom is -0.301 e. The second-order valence-corrected chi connectivity index (χ2v) is 4.13. The van der Waals surface area contributed by atoms with Gasteiger partial charge in [-0.05, 0) is 12.5 Å². The number of likely N-dealkylation sites (N-methyl/N-ethyl adjacent to an activating group) is 1. The fourth-order valence-electron chi connectivity index (χ4n) is 1.80. The van der Waals surface area contributed by atoms with Crippen molar-refractivity contribution < 1.29 is 0 Å². The minimum absolute atomic E-state index is 0.818. The van der Waals surface area contributed by atoms with Crippen LogP contribution in [0.1, 0.15) is 34.6 Å². The average molecular weight is 200 g/mol. The number of hydrogen-bond donors (Lipinski definition) is 0. The molecule has 0 aromatic rings. The second-order valence-electron chi connectivity index (χ2n) is 4.13. The molecule has 0 bridgehead atoms. The first kappa shape index (κ1) is 13.9. The molecule has 0 unspecified atom stereocenters. The molecule has 0 amide bonds. The van der Waals surface area contributed by atoms with Crippen molar-refractivity contribution in [2.45, 2.75) is 34.6 Å². The van der Waals surface area contributed by atoms with Crippen LogP contribution >= 0.6 is 0 Å². The lowest BCUT2D eigenvalue weighted by atomic mass is 10.2. The van der Waals surface area contributed by atoms with E-state index in [0.29, 0.717) is 0 Å². The van der Waals surface area contributed by atoms with Crippen molar-refractivity contribution in [1.29, 1.82) is 0 Å². The van der Waals surface area contributed by atoms with Crippen molar-refractivity contribution in [2.75, 3.05) is 39.3 Å². The third kappa shape index (κ3) is 5.61. The number of rotatable bonds is 3. The normalized spacial score (nSPS) is 19.3. The monoisotopic (exact) mass is 200 g/mol. The quantitative estimate of drug-likeness (QED) is 0.690. The maximum Gasteiger partial charge on any atom is 0.0110 e. The van der Waals surface area contributed by atoms with Gasteiger partial charge in [0.05, 0.1) is 0 Å². The zero-order valence-corrected chi connectivity index (χ0v) is 10.7. The molecule has 0 aromatic carbocycles. The molecule has 86 valence electrons. The summed E-state index contributed by atoms with van der Waals surface area (Å²) in [4.78, 5) is 5.10. The van der Waals surface area contributed by atoms with Crippen LogP contribution in [-0.4, -0.2) is 49.1 Å². The van der Waals surface area contributed by atoms with E-state index in [1.165, 1.54) is 39.3 Å². The highest BCUT2D eigenvalue weighted by molar-refractivity contribution is 4.71. The standard InChI is InChI=1S/C10H22N2.C2H6/c1-4-11-5-7-12(8-6-11)9-10(2)3;1-2/h10H,4-9H2,1-3H3;1-2H3. The van der Waals surface area contributed by atoms with Crippen molar-refractivity contribution in [2.24, 2.45) is 5.92 Å². The van der Waals surface area contributed by atoms with E-state index in [0.717, 1.165) is 5.92 Å². The molecule has 0 radical (unpaired) electrons. The molecule has 1 fully saturated rings. The zero-order chi connectivity index (χ0) is 11.0. The lowest BCUT2D eigenvalue weighted by Crippen LogP contribution is -2.47. The van der Waals surface area contributed by atoms with E-state index >= 15 is 0 Å². The van der Waals surface area contributed by atoms with Gasteiger partial charge in [-0.1, -0.05) is 34.6 Å². The number of piperazine rings is 1. The molecular weight excluding hydrogens is 172 g/mol. The van der Waals surface area contributed by atoms with Crippen LogP contribution in [-0.2, 0) is 0 Å². The molecule has 0 N–H and O–H groups in total. The third-order valence-electron chi connectivity index (χ3n) is 2.54. The van der Waals surface area contributed by atoms with E-state index in [-0.39, 0.29) is 0 Å². The molecule has 1 heterocycles. The van der Waals surface area contributed by atoms with Gasteiger partial charge in [-0.25, -0.2) is 0 Å². The molecule has 2 nitrogen and oxygen atoms in total. The van der Waals surface area contributed by atoms with Crippen molar-refractivity contribution in [3.8, 4) is 0 Å². The summed E-state index contributed by atoms with van der Waals surface area (Å²) in [6, 6.07) is 0. The van der Waals surface area contributed by atoms with Crippen molar-refractivity contribution in [3.63, 3.8) is 0 Å². The van der Waals surface area contributed by atoms with E-state index in [1.807, 2.05) is 13.8 Å². The first-order chi connectivity index (χ1) is 6.72. The fourth-order valence-corrected chi connectivity index (χ4v) is 1.80. The Balaban J connectivity index is 0.000000791. The maximum absolute atomic E-state index is 2.58. The van der Waals surface area contributed by atoms with Crippen LogP contribution in [0.15, 0.2) is 0 Å². The highest BCUT2D eigenvalue weighted by Crippen LogP contribution is 2.04. The van der Waals surface area contributed by atoms with E-state index in [9.17, 15) is 0 Å². The average Bonchev–Trinajstić information content (AvgIpc) is 2.21. The molecular formula is C12H28N2. The van der Waals surface area contributed by atoms with Gasteiger partial charge in [0.2, 0.25) is 0 Å². The molecule has 14 heavy (non-hydrogen) atoms. The maximum atomic E-state index is 2.58. The Hall–Kier alpha value is -0.0800. The molecule has 0 aliphatic carbocycles. The van der Waals surface area contributed by atoms with Gasteiger partial charge >= 0.3 is 0 Å². The van der Waals surface area contributed by atoms with Crippen LogP contribution in [0.5, 0.6) is 0 Å². The zero-order valence-electron chi connectivity index (χ0n) is 10.7. The van der Waals surface area contributed by atoms with E-state index in [1.54, 1.807) is 0 Å². The first-order valence-electron chi connectivity index (χ1n) is 6.17. The minimum atomic E-state index is 0.818. The molecule has 1 aliphatic heterocycles. The topological polar surface area (TPSA) is 6.48 Å². The number of nitrogens with zero attached hydrogens (tertiary/aromatic N) is 2. The van der Waals surface area contributed by atoms with Gasteiger partial charge in [0, 0.05) is 32.7 Å². The van der Waals surface area contributed by atoms with Crippen molar-refractivity contribution >= 4 is 0 Å². The Bertz CT molecular complexity index is 115. The summed E-state index contributed by atoms with van der Waals surface area (Å²) in [6.07, 6.45) is 0. The molecule has 0 aromatic heterocycles. The van der Waals surface area contributed by atoms with E-state index in [2.05, 4.69) is 30.6 Å². The molecule has 2 heteroatoms. The van der Waals surface area contributed by atoms with Gasteiger partial charge in [0.15, 0.2) is 0 Å². The van der Waals surface area contributed by atoms with Crippen LogP contribution in [0.2, 0.25) is 0 Å². The Kier molecular flexibility index (Phi) is 8.20. The summed E-state index contributed by atoms with van der Waals surface area (Å²) >= 11 is 0. The van der Waals surface area contributed by atoms with Crippen LogP contribution in [0.25, 0.3) is 0 Å². The van der Waals surface area contributed by atoms with Gasteiger partial charge in [0.25, 0.3) is 0 Å². The van der Waals surface area contributed by atoms with Crippen LogP contribution in [0.4, 0.5) is 0 Å². The number of hydrogen-bond acceptors (Lipinski definition) is 2. The van der Waals surface area contributed by atoms with Crippen molar-refractivity contribution in [3.05, 3.63) is 0 Å². The summed E-state index contributed by atoms with van der Waals surface area (Å²) in [6.45, 7) is 18.4. The SMILES string of the molecule is CC.CCN1CCN(CC(C)C)CC1. The summed E-state index contributed by atoms with van der Waals surface area (Å²) < 4.78 is 0. The highest BCUT2D eigenvalue weighted by atomic mass is 15.3. The molecule has 0 spiro atoms. The highest BCUT2D eigenvalue weighted by Gasteiger charge is 2.15. The van der Waals surface area contributed by atoms with E-state index in [4.69, 9.17) is 0 Å². The molecule has 1 rings (SSSR count). The van der Waals surface area contributed by atoms with E-state index < -0.39 is 0 Å². The lowest BCUT2D eigenvalue weighted by Gasteiger charge is -2.34. The summed E-state index contributed by atoms with van der Waals surface area (Å²) in [5, 5.41) is 0. The Labute approximate surface area is 90.3 Å². The van der Waals surface area contributed by atoms with Gasteiger partial charge in [-0.15, -0.1) is 0 Å². The smallest absolute Gasteiger partial charge is 0.0110 e. The summed E-state index contributed by atoms with van der Waals surface area (Å²) in [7, 11) is 0. The van der Waals surface area contributed by atoms with Gasteiger partial charge in [0.1, 0.15) is 0 Å². The Morgan fingerprint density at radius 2 is 1.36 bits per heavy atom. The first-order valence-corrected chi connectivity index (χ1v) is 6.17. The van der Waals surface area contributed by atoms with Crippen molar-refractivity contribution in [1.82, 2.24) is 9.80 Å².